The first-order valence-electron chi connectivity index (χ1n) is 15.3. The molecule has 0 unspecified atom stereocenters. The molecule has 242 valence electrons. The molecule has 12 heteroatoms. The Hall–Kier alpha value is -3.25. The number of fused-ring (bicyclic) bond motifs is 4. The van der Waals surface area contributed by atoms with Crippen LogP contribution in [0.2, 0.25) is 0 Å². The summed E-state index contributed by atoms with van der Waals surface area (Å²) in [5, 5.41) is 0. The third kappa shape index (κ3) is 6.82. The highest BCUT2D eigenvalue weighted by molar-refractivity contribution is 7.92. The summed E-state index contributed by atoms with van der Waals surface area (Å²) in [6.45, 7) is 10.3. The van der Waals surface area contributed by atoms with E-state index in [-0.39, 0.29) is 59.8 Å². The highest BCUT2D eigenvalue weighted by atomic mass is 35.5. The van der Waals surface area contributed by atoms with Gasteiger partial charge in [-0.25, -0.2) is 18.1 Å². The van der Waals surface area contributed by atoms with E-state index in [2.05, 4.69) is 33.4 Å². The van der Waals surface area contributed by atoms with Crippen LogP contribution in [0.15, 0.2) is 53.4 Å². The number of halogens is 1. The van der Waals surface area contributed by atoms with Crippen molar-refractivity contribution >= 4 is 34.3 Å². The van der Waals surface area contributed by atoms with Gasteiger partial charge in [-0.05, 0) is 68.4 Å². The Kier molecular flexibility index (Phi) is 9.74. The van der Waals surface area contributed by atoms with Crippen LogP contribution in [0, 0.1) is 19.8 Å². The molecule has 3 aliphatic rings. The molecule has 0 radical (unpaired) electrons. The third-order valence-corrected chi connectivity index (χ3v) is 10.4. The molecule has 3 heterocycles. The van der Waals surface area contributed by atoms with E-state index in [1.54, 1.807) is 25.3 Å². The minimum Gasteiger partial charge on any atom is -0.475 e. The van der Waals surface area contributed by atoms with Gasteiger partial charge in [-0.1, -0.05) is 38.1 Å². The topological polar surface area (TPSA) is 114 Å². The van der Waals surface area contributed by atoms with Gasteiger partial charge in [0.05, 0.1) is 22.7 Å². The highest BCUT2D eigenvalue weighted by Crippen LogP contribution is 2.37. The van der Waals surface area contributed by atoms with Crippen molar-refractivity contribution in [2.24, 2.45) is 5.92 Å². The van der Waals surface area contributed by atoms with Gasteiger partial charge < -0.3 is 14.4 Å². The fraction of sp³-hybridized carbons (Fsp3) is 0.485. The van der Waals surface area contributed by atoms with Crippen molar-refractivity contribution in [1.82, 2.24) is 19.8 Å². The molecule has 1 saturated carbocycles. The molecule has 1 aromatic heterocycles. The largest absolute Gasteiger partial charge is 0.475 e. The Morgan fingerprint density at radius 1 is 1.02 bits per heavy atom. The van der Waals surface area contributed by atoms with Gasteiger partial charge in [0.15, 0.2) is 0 Å². The van der Waals surface area contributed by atoms with Crippen molar-refractivity contribution in [3.05, 3.63) is 65.2 Å². The maximum atomic E-state index is 14.3. The van der Waals surface area contributed by atoms with Crippen molar-refractivity contribution < 1.29 is 22.7 Å². The Labute approximate surface area is 272 Å². The van der Waals surface area contributed by atoms with Crippen LogP contribution in [0.25, 0.3) is 11.3 Å². The normalized spacial score (nSPS) is 23.3. The number of hydrogen-bond acceptors (Lipinski definition) is 8. The number of aryl methyl sites for hydroxylation is 2. The van der Waals surface area contributed by atoms with Crippen LogP contribution in [0.4, 0.5) is 5.95 Å². The van der Waals surface area contributed by atoms with Crippen molar-refractivity contribution in [3.8, 4) is 17.1 Å². The number of nitrogens with one attached hydrogen (secondary N) is 1. The number of rotatable bonds is 6. The van der Waals surface area contributed by atoms with Crippen LogP contribution in [0.1, 0.15) is 54.6 Å². The van der Waals surface area contributed by atoms with Crippen LogP contribution in [0.5, 0.6) is 5.88 Å². The van der Waals surface area contributed by atoms with Gasteiger partial charge in [0.2, 0.25) is 11.8 Å². The fourth-order valence-corrected chi connectivity index (χ4v) is 7.62. The van der Waals surface area contributed by atoms with Crippen molar-refractivity contribution in [2.75, 3.05) is 31.5 Å². The summed E-state index contributed by atoms with van der Waals surface area (Å²) in [6.07, 6.45) is 2.70. The van der Waals surface area contributed by atoms with Gasteiger partial charge in [-0.3, -0.25) is 9.69 Å². The summed E-state index contributed by atoms with van der Waals surface area (Å²) in [5.74, 6) is 0.272. The van der Waals surface area contributed by atoms with Gasteiger partial charge >= 0.3 is 0 Å². The minimum absolute atomic E-state index is 0. The van der Waals surface area contributed by atoms with Crippen LogP contribution < -0.4 is 9.46 Å². The van der Waals surface area contributed by atoms with Crippen molar-refractivity contribution in [1.29, 1.82) is 0 Å². The molecule has 2 aliphatic heterocycles. The Morgan fingerprint density at radius 2 is 1.71 bits per heavy atom. The van der Waals surface area contributed by atoms with Crippen molar-refractivity contribution in [2.45, 2.75) is 76.1 Å². The second-order valence-corrected chi connectivity index (χ2v) is 14.4. The Balaban J connectivity index is 0.00000400. The third-order valence-electron chi connectivity index (χ3n) is 9.06. The summed E-state index contributed by atoms with van der Waals surface area (Å²) >= 11 is 0. The second kappa shape index (κ2) is 13.2. The quantitative estimate of drug-likeness (QED) is 0.391. The molecule has 45 heavy (non-hydrogen) atoms. The summed E-state index contributed by atoms with van der Waals surface area (Å²) in [7, 11) is -2.36. The number of likely N-dealkylation sites (tertiary alicyclic amines) is 1. The van der Waals surface area contributed by atoms with Gasteiger partial charge in [0.1, 0.15) is 6.61 Å². The molecule has 2 aromatic carbocycles. The molecular formula is C33H42ClN5O5S. The molecule has 2 fully saturated rings. The van der Waals surface area contributed by atoms with E-state index in [0.29, 0.717) is 23.2 Å². The SMILES string of the molecule is COC1CN(C2CC(N3C(=O)c4cccc(c4)S(=O)(=O)Nc4nc(cc(-c5c(C)cccc5C)n4)OC[C@H]3CC(C)C)C2)C1.Cl. The number of aromatic nitrogens is 2. The number of methoxy groups -OCH3 is 1. The second-order valence-electron chi connectivity index (χ2n) is 12.7. The standard InChI is InChI=1S/C33H41N5O5S.ClH/c1-20(2)12-26-19-43-30-16-29(31-21(3)8-6-9-22(31)4)34-33(35-30)36-44(40,41)28-11-7-10-23(13-28)32(39)38(26)25-14-24(15-25)37-17-27(18-37)42-5;/h6-11,13,16,20,24-27H,12,14-15,17-19H2,1-5H3,(H,34,35,36);1H/t24?,25?,26-;/m1./s1. The monoisotopic (exact) mass is 655 g/mol. The van der Waals surface area contributed by atoms with Crippen molar-refractivity contribution in [3.63, 3.8) is 0 Å². The number of amides is 1. The predicted molar refractivity (Wildman–Crippen MR) is 176 cm³/mol. The van der Waals surface area contributed by atoms with E-state index in [1.807, 2.05) is 36.9 Å². The number of sulfonamides is 1. The molecule has 1 atom stereocenters. The summed E-state index contributed by atoms with van der Waals surface area (Å²) in [5.41, 5.74) is 3.79. The van der Waals surface area contributed by atoms with Gasteiger partial charge in [0.25, 0.3) is 15.9 Å². The fourth-order valence-electron chi connectivity index (χ4n) is 6.63. The number of carbonyl (C=O) groups excluding carboxylic acids is 1. The van der Waals surface area contributed by atoms with Gasteiger partial charge in [-0.2, -0.15) is 4.98 Å². The maximum Gasteiger partial charge on any atom is 0.264 e. The molecule has 1 amide bonds. The minimum atomic E-state index is -4.11. The summed E-state index contributed by atoms with van der Waals surface area (Å²) in [6, 6.07) is 14.1. The van der Waals surface area contributed by atoms with Crippen LogP contribution in [-0.2, 0) is 14.8 Å². The zero-order valence-electron chi connectivity index (χ0n) is 26.4. The molecule has 1 N–H and O–H groups in total. The first kappa shape index (κ1) is 33.1. The van der Waals surface area contributed by atoms with E-state index in [1.165, 1.54) is 12.1 Å². The van der Waals surface area contributed by atoms with E-state index in [9.17, 15) is 13.2 Å². The van der Waals surface area contributed by atoms with E-state index in [4.69, 9.17) is 9.47 Å². The first-order valence-corrected chi connectivity index (χ1v) is 16.8. The lowest BCUT2D eigenvalue weighted by Gasteiger charge is -2.53. The van der Waals surface area contributed by atoms with Crippen LogP contribution in [0.3, 0.4) is 0 Å². The highest BCUT2D eigenvalue weighted by Gasteiger charge is 2.45. The molecule has 4 bridgehead atoms. The maximum absolute atomic E-state index is 14.3. The smallest absolute Gasteiger partial charge is 0.264 e. The summed E-state index contributed by atoms with van der Waals surface area (Å²) in [4.78, 5) is 27.7. The zero-order valence-corrected chi connectivity index (χ0v) is 28.0. The van der Waals surface area contributed by atoms with Gasteiger partial charge in [0, 0.05) is 49.5 Å². The number of hydrogen-bond donors (Lipinski definition) is 1. The lowest BCUT2D eigenvalue weighted by atomic mass is 9.81. The van der Waals surface area contributed by atoms with Crippen LogP contribution in [-0.4, -0.2) is 85.1 Å². The molecule has 3 aromatic rings. The lowest BCUT2D eigenvalue weighted by molar-refractivity contribution is -0.0858. The number of carbonyl (C=O) groups is 1. The average molecular weight is 656 g/mol. The number of ether oxygens (including phenoxy) is 2. The lowest BCUT2D eigenvalue weighted by Crippen LogP contribution is -2.64. The van der Waals surface area contributed by atoms with E-state index < -0.39 is 10.0 Å². The zero-order chi connectivity index (χ0) is 31.2. The number of benzene rings is 2. The number of nitrogens with zero attached hydrogens (tertiary/aromatic N) is 4. The Bertz CT molecular complexity index is 1640. The number of anilines is 1. The molecule has 1 aliphatic carbocycles. The first-order chi connectivity index (χ1) is 21.0. The summed E-state index contributed by atoms with van der Waals surface area (Å²) < 4.78 is 41.6. The van der Waals surface area contributed by atoms with E-state index in [0.717, 1.165) is 49.0 Å². The molecule has 1 saturated heterocycles. The van der Waals surface area contributed by atoms with Crippen LogP contribution >= 0.6 is 12.4 Å². The van der Waals surface area contributed by atoms with E-state index >= 15 is 0 Å². The van der Waals surface area contributed by atoms with Gasteiger partial charge in [-0.15, -0.1) is 12.4 Å². The Morgan fingerprint density at radius 3 is 2.38 bits per heavy atom. The molecule has 10 nitrogen and oxygen atoms in total. The molecule has 6 rings (SSSR count). The molecular weight excluding hydrogens is 614 g/mol. The predicted octanol–water partition coefficient (Wildman–Crippen LogP) is 5.09. The average Bonchev–Trinajstić information content (AvgIpc) is 2.92. The molecule has 0 spiro atoms.